The third kappa shape index (κ3) is 4.04. The summed E-state index contributed by atoms with van der Waals surface area (Å²) in [4.78, 5) is 22.8. The number of benzene rings is 1. The normalized spacial score (nSPS) is 16.0. The average molecular weight is 345 g/mol. The molecule has 1 aromatic carbocycles. The van der Waals surface area contributed by atoms with Crippen LogP contribution in [0.25, 0.3) is 0 Å². The SMILES string of the molecule is Cc1cc(N2CCOCC2)nc(S[C@H](C(=O)O)c2ccccc2)n1. The van der Waals surface area contributed by atoms with Crippen molar-refractivity contribution in [2.75, 3.05) is 31.2 Å². The van der Waals surface area contributed by atoms with Gasteiger partial charge in [0.05, 0.1) is 13.2 Å². The minimum atomic E-state index is -0.899. The van der Waals surface area contributed by atoms with Crippen LogP contribution in [0, 0.1) is 6.92 Å². The molecule has 126 valence electrons. The maximum atomic E-state index is 11.7. The molecule has 1 atom stereocenters. The molecule has 1 aliphatic heterocycles. The molecule has 1 saturated heterocycles. The highest BCUT2D eigenvalue weighted by Crippen LogP contribution is 2.34. The Hall–Kier alpha value is -2.12. The molecule has 0 amide bonds. The topological polar surface area (TPSA) is 75.5 Å². The lowest BCUT2D eigenvalue weighted by atomic mass is 10.1. The second-order valence-electron chi connectivity index (χ2n) is 5.50. The van der Waals surface area contributed by atoms with Gasteiger partial charge in [-0.1, -0.05) is 42.1 Å². The average Bonchev–Trinajstić information content (AvgIpc) is 2.60. The smallest absolute Gasteiger partial charge is 0.321 e. The number of carboxylic acids is 1. The molecule has 0 saturated carbocycles. The highest BCUT2D eigenvalue weighted by Gasteiger charge is 2.23. The lowest BCUT2D eigenvalue weighted by Crippen LogP contribution is -2.36. The molecule has 3 rings (SSSR count). The number of morpholine rings is 1. The Morgan fingerprint density at radius 1 is 1.25 bits per heavy atom. The molecular formula is C17H19N3O3S. The van der Waals surface area contributed by atoms with Crippen LogP contribution in [-0.2, 0) is 9.53 Å². The summed E-state index contributed by atoms with van der Waals surface area (Å²) in [6.45, 7) is 4.80. The molecule has 7 heteroatoms. The molecule has 0 bridgehead atoms. The Kier molecular flexibility index (Phi) is 5.32. The fourth-order valence-corrected chi connectivity index (χ4v) is 3.47. The van der Waals surface area contributed by atoms with Crippen LogP contribution in [0.2, 0.25) is 0 Å². The first kappa shape index (κ1) is 16.7. The van der Waals surface area contributed by atoms with E-state index in [9.17, 15) is 9.90 Å². The van der Waals surface area contributed by atoms with E-state index in [-0.39, 0.29) is 0 Å². The van der Waals surface area contributed by atoms with Gasteiger partial charge >= 0.3 is 5.97 Å². The summed E-state index contributed by atoms with van der Waals surface area (Å²) in [5.41, 5.74) is 1.55. The molecule has 1 aromatic heterocycles. The number of aryl methyl sites for hydroxylation is 1. The van der Waals surface area contributed by atoms with E-state index in [1.165, 1.54) is 0 Å². The fourth-order valence-electron chi connectivity index (χ4n) is 2.53. The zero-order valence-corrected chi connectivity index (χ0v) is 14.2. The van der Waals surface area contributed by atoms with E-state index in [0.717, 1.165) is 41.9 Å². The van der Waals surface area contributed by atoms with E-state index in [1.807, 2.05) is 43.3 Å². The lowest BCUT2D eigenvalue weighted by molar-refractivity contribution is -0.136. The van der Waals surface area contributed by atoms with Gasteiger partial charge in [-0.15, -0.1) is 0 Å². The van der Waals surface area contributed by atoms with Crippen molar-refractivity contribution in [3.8, 4) is 0 Å². The molecule has 0 radical (unpaired) electrons. The zero-order chi connectivity index (χ0) is 16.9. The molecule has 0 spiro atoms. The number of thioether (sulfide) groups is 1. The number of nitrogens with zero attached hydrogens (tertiary/aromatic N) is 3. The van der Waals surface area contributed by atoms with Crippen molar-refractivity contribution < 1.29 is 14.6 Å². The second kappa shape index (κ2) is 7.63. The summed E-state index contributed by atoms with van der Waals surface area (Å²) in [5, 5.41) is 9.32. The number of hydrogen-bond donors (Lipinski definition) is 1. The van der Waals surface area contributed by atoms with E-state index < -0.39 is 11.2 Å². The van der Waals surface area contributed by atoms with Gasteiger partial charge in [0.15, 0.2) is 5.16 Å². The Labute approximate surface area is 144 Å². The maximum Gasteiger partial charge on any atom is 0.321 e. The summed E-state index contributed by atoms with van der Waals surface area (Å²) in [6.07, 6.45) is 0. The highest BCUT2D eigenvalue weighted by molar-refractivity contribution is 8.00. The Bertz CT molecular complexity index is 705. The van der Waals surface area contributed by atoms with Crippen LogP contribution in [-0.4, -0.2) is 47.3 Å². The van der Waals surface area contributed by atoms with Crippen molar-refractivity contribution in [3.05, 3.63) is 47.7 Å². The lowest BCUT2D eigenvalue weighted by Gasteiger charge is -2.28. The van der Waals surface area contributed by atoms with Gasteiger partial charge in [-0.05, 0) is 12.5 Å². The molecule has 24 heavy (non-hydrogen) atoms. The van der Waals surface area contributed by atoms with E-state index in [4.69, 9.17) is 4.74 Å². The molecule has 1 N–H and O–H groups in total. The first-order chi connectivity index (χ1) is 11.6. The summed E-state index contributed by atoms with van der Waals surface area (Å²) >= 11 is 1.16. The molecular weight excluding hydrogens is 326 g/mol. The van der Waals surface area contributed by atoms with Crippen molar-refractivity contribution in [1.82, 2.24) is 9.97 Å². The van der Waals surface area contributed by atoms with E-state index in [1.54, 1.807) is 0 Å². The number of carbonyl (C=O) groups is 1. The van der Waals surface area contributed by atoms with Crippen molar-refractivity contribution in [3.63, 3.8) is 0 Å². The Balaban J connectivity index is 1.85. The van der Waals surface area contributed by atoms with Gasteiger partial charge in [0.25, 0.3) is 0 Å². The van der Waals surface area contributed by atoms with Gasteiger partial charge in [0, 0.05) is 24.8 Å². The first-order valence-electron chi connectivity index (χ1n) is 7.76. The number of ether oxygens (including phenoxy) is 1. The summed E-state index contributed by atoms with van der Waals surface area (Å²) in [6, 6.07) is 11.1. The quantitative estimate of drug-likeness (QED) is 0.659. The summed E-state index contributed by atoms with van der Waals surface area (Å²) in [5.74, 6) is -0.0743. The van der Waals surface area contributed by atoms with E-state index in [0.29, 0.717) is 18.4 Å². The van der Waals surface area contributed by atoms with Crippen LogP contribution >= 0.6 is 11.8 Å². The summed E-state index contributed by atoms with van der Waals surface area (Å²) in [7, 11) is 0. The minimum absolute atomic E-state index is 0.479. The van der Waals surface area contributed by atoms with E-state index in [2.05, 4.69) is 14.9 Å². The number of carboxylic acid groups (broad SMARTS) is 1. The van der Waals surface area contributed by atoms with Gasteiger partial charge in [-0.2, -0.15) is 0 Å². The molecule has 2 aromatic rings. The van der Waals surface area contributed by atoms with Gasteiger partial charge < -0.3 is 14.7 Å². The molecule has 0 aliphatic carbocycles. The van der Waals surface area contributed by atoms with Gasteiger partial charge in [0.2, 0.25) is 0 Å². The molecule has 1 fully saturated rings. The van der Waals surface area contributed by atoms with Crippen LogP contribution < -0.4 is 4.90 Å². The van der Waals surface area contributed by atoms with Crippen LogP contribution in [0.15, 0.2) is 41.6 Å². The van der Waals surface area contributed by atoms with Crippen LogP contribution in [0.5, 0.6) is 0 Å². The van der Waals surface area contributed by atoms with Crippen molar-refractivity contribution in [2.24, 2.45) is 0 Å². The third-order valence-corrected chi connectivity index (χ3v) is 4.81. The first-order valence-corrected chi connectivity index (χ1v) is 8.64. The monoisotopic (exact) mass is 345 g/mol. The van der Waals surface area contributed by atoms with Crippen molar-refractivity contribution in [1.29, 1.82) is 0 Å². The van der Waals surface area contributed by atoms with Gasteiger partial charge in [0.1, 0.15) is 11.1 Å². The minimum Gasteiger partial charge on any atom is -0.480 e. The fraction of sp³-hybridized carbons (Fsp3) is 0.353. The number of hydrogen-bond acceptors (Lipinski definition) is 6. The predicted molar refractivity (Wildman–Crippen MR) is 92.5 cm³/mol. The number of anilines is 1. The van der Waals surface area contributed by atoms with Crippen LogP contribution in [0.3, 0.4) is 0 Å². The standard InChI is InChI=1S/C17H19N3O3S/c1-12-11-14(20-7-9-23-10-8-20)19-17(18-12)24-15(16(21)22)13-5-3-2-4-6-13/h2-6,11,15H,7-10H2,1H3,(H,21,22)/t15-/m0/s1. The molecule has 6 nitrogen and oxygen atoms in total. The number of rotatable bonds is 5. The van der Waals surface area contributed by atoms with Crippen LogP contribution in [0.4, 0.5) is 5.82 Å². The largest absolute Gasteiger partial charge is 0.480 e. The predicted octanol–water partition coefficient (Wildman–Crippen LogP) is 2.54. The Morgan fingerprint density at radius 2 is 1.96 bits per heavy atom. The van der Waals surface area contributed by atoms with Gasteiger partial charge in [-0.25, -0.2) is 9.97 Å². The van der Waals surface area contributed by atoms with E-state index >= 15 is 0 Å². The Morgan fingerprint density at radius 3 is 2.62 bits per heavy atom. The van der Waals surface area contributed by atoms with Crippen molar-refractivity contribution >= 4 is 23.5 Å². The number of aromatic nitrogens is 2. The second-order valence-corrected chi connectivity index (χ2v) is 6.57. The molecule has 2 heterocycles. The maximum absolute atomic E-state index is 11.7. The highest BCUT2D eigenvalue weighted by atomic mass is 32.2. The van der Waals surface area contributed by atoms with Crippen LogP contribution in [0.1, 0.15) is 16.5 Å². The summed E-state index contributed by atoms with van der Waals surface area (Å²) < 4.78 is 5.37. The third-order valence-electron chi connectivity index (χ3n) is 3.71. The molecule has 1 aliphatic rings. The van der Waals surface area contributed by atoms with Crippen molar-refractivity contribution in [2.45, 2.75) is 17.3 Å². The number of aliphatic carboxylic acids is 1. The van der Waals surface area contributed by atoms with Gasteiger partial charge in [-0.3, -0.25) is 4.79 Å². The zero-order valence-electron chi connectivity index (χ0n) is 13.4. The molecule has 0 unspecified atom stereocenters.